The van der Waals surface area contributed by atoms with Gasteiger partial charge in [0, 0.05) is 38.4 Å². The summed E-state index contributed by atoms with van der Waals surface area (Å²) in [7, 11) is 4.10. The lowest BCUT2D eigenvalue weighted by atomic mass is 9.92. The van der Waals surface area contributed by atoms with Crippen LogP contribution in [-0.4, -0.2) is 74.1 Å². The number of hydrogen-bond acceptors (Lipinski definition) is 6. The van der Waals surface area contributed by atoms with E-state index in [2.05, 4.69) is 58.5 Å². The van der Waals surface area contributed by atoms with Crippen LogP contribution in [0.15, 0.2) is 0 Å². The summed E-state index contributed by atoms with van der Waals surface area (Å²) in [6.45, 7) is 14.1. The molecule has 0 aliphatic heterocycles. The van der Waals surface area contributed by atoms with E-state index in [1.54, 1.807) is 0 Å². The van der Waals surface area contributed by atoms with Crippen LogP contribution in [0.2, 0.25) is 0 Å². The van der Waals surface area contributed by atoms with Gasteiger partial charge in [-0.15, -0.1) is 0 Å². The van der Waals surface area contributed by atoms with Gasteiger partial charge in [-0.05, 0) is 77.3 Å². The number of amides is 1. The molecule has 0 heterocycles. The number of unbranched alkanes of at least 4 members (excludes halogenated alkanes) is 27. The van der Waals surface area contributed by atoms with Crippen molar-refractivity contribution in [1.29, 1.82) is 0 Å². The van der Waals surface area contributed by atoms with E-state index in [-0.39, 0.29) is 23.9 Å². The van der Waals surface area contributed by atoms with Gasteiger partial charge in [-0.3, -0.25) is 14.4 Å². The lowest BCUT2D eigenvalue weighted by molar-refractivity contribution is -0.145. The van der Waals surface area contributed by atoms with E-state index >= 15 is 0 Å². The maximum Gasteiger partial charge on any atom is 0.305 e. The van der Waals surface area contributed by atoms with Crippen LogP contribution in [0, 0.1) is 11.8 Å². The third kappa shape index (κ3) is 44.3. The summed E-state index contributed by atoms with van der Waals surface area (Å²) in [6, 6.07) is 0.199. The van der Waals surface area contributed by atoms with E-state index in [9.17, 15) is 14.4 Å². The number of rotatable bonds is 54. The summed E-state index contributed by atoms with van der Waals surface area (Å²) in [6.07, 6.45) is 51.2. The first-order valence-corrected chi connectivity index (χ1v) is 30.5. The predicted octanol–water partition coefficient (Wildman–Crippen LogP) is 18.3. The first-order valence-electron chi connectivity index (χ1n) is 30.5. The summed E-state index contributed by atoms with van der Waals surface area (Å²) in [4.78, 5) is 44.2. The Morgan fingerprint density at radius 2 is 0.706 bits per heavy atom. The van der Waals surface area contributed by atoms with Crippen molar-refractivity contribution in [2.75, 3.05) is 40.4 Å². The molecule has 0 aliphatic carbocycles. The van der Waals surface area contributed by atoms with Gasteiger partial charge in [-0.25, -0.2) is 0 Å². The Bertz CT molecular complexity index is 1080. The molecule has 3 unspecified atom stereocenters. The molecule has 0 aliphatic rings. The Hall–Kier alpha value is -1.63. The van der Waals surface area contributed by atoms with Gasteiger partial charge in [0.25, 0.3) is 0 Å². The first kappa shape index (κ1) is 66.4. The van der Waals surface area contributed by atoms with E-state index in [4.69, 9.17) is 9.47 Å². The van der Waals surface area contributed by atoms with E-state index in [1.165, 1.54) is 199 Å². The number of ether oxygens (including phenoxy) is 2. The van der Waals surface area contributed by atoms with Crippen LogP contribution < -0.4 is 0 Å². The van der Waals surface area contributed by atoms with Crippen LogP contribution in [0.1, 0.15) is 317 Å². The second-order valence-electron chi connectivity index (χ2n) is 21.7. The summed E-state index contributed by atoms with van der Waals surface area (Å²) in [5.74, 6) is 1.37. The van der Waals surface area contributed by atoms with E-state index in [1.807, 2.05) is 0 Å². The molecule has 0 aromatic carbocycles. The molecular weight excluding hydrogens is 841 g/mol. The van der Waals surface area contributed by atoms with Gasteiger partial charge >= 0.3 is 11.9 Å². The van der Waals surface area contributed by atoms with Gasteiger partial charge in [0.1, 0.15) is 0 Å². The maximum absolute atomic E-state index is 14.0. The van der Waals surface area contributed by atoms with Gasteiger partial charge < -0.3 is 19.3 Å². The van der Waals surface area contributed by atoms with Crippen molar-refractivity contribution in [3.63, 3.8) is 0 Å². The standard InChI is InChI=1S/C61H120N2O5/c1-8-13-18-23-26-27-30-41-52-63(59(64)50-53-62(6)7)58(47-38-32-40-49-61(66)68-55-57(44-34-22-17-12-5)45-36-29-25-20-15-10-3)46-37-31-39-48-60(65)67-54-51-56(42-33-21-16-11-4)43-35-28-24-19-14-9-2/h56-58H,8-55H2,1-7H3. The fourth-order valence-electron chi connectivity index (χ4n) is 10.1. The van der Waals surface area contributed by atoms with Gasteiger partial charge in [0.15, 0.2) is 0 Å². The molecule has 0 rings (SSSR count). The second kappa shape index (κ2) is 51.7. The molecular formula is C61H120N2O5. The molecule has 0 aromatic rings. The summed E-state index contributed by atoms with van der Waals surface area (Å²) in [5.41, 5.74) is 0. The highest BCUT2D eigenvalue weighted by Crippen LogP contribution is 2.25. The fourth-order valence-corrected chi connectivity index (χ4v) is 10.1. The maximum atomic E-state index is 14.0. The molecule has 0 aromatic heterocycles. The largest absolute Gasteiger partial charge is 0.466 e. The fraction of sp³-hybridized carbons (Fsp3) is 0.951. The Labute approximate surface area is 425 Å². The molecule has 3 atom stereocenters. The first-order chi connectivity index (χ1) is 33.2. The molecule has 0 bridgehead atoms. The topological polar surface area (TPSA) is 76.2 Å². The van der Waals surface area contributed by atoms with E-state index in [0.29, 0.717) is 44.3 Å². The molecule has 0 radical (unpaired) electrons. The number of carbonyl (C=O) groups is 3. The van der Waals surface area contributed by atoms with Gasteiger partial charge in [0.05, 0.1) is 13.2 Å². The average Bonchev–Trinajstić information content (AvgIpc) is 3.33. The van der Waals surface area contributed by atoms with Crippen molar-refractivity contribution < 1.29 is 23.9 Å². The molecule has 1 amide bonds. The van der Waals surface area contributed by atoms with Crippen LogP contribution in [0.25, 0.3) is 0 Å². The lowest BCUT2D eigenvalue weighted by Crippen LogP contribution is -2.42. The van der Waals surface area contributed by atoms with Gasteiger partial charge in [-0.2, -0.15) is 0 Å². The smallest absolute Gasteiger partial charge is 0.305 e. The number of hydrogen-bond donors (Lipinski definition) is 0. The van der Waals surface area contributed by atoms with Crippen LogP contribution >= 0.6 is 0 Å². The summed E-state index contributed by atoms with van der Waals surface area (Å²) in [5, 5.41) is 0. The Morgan fingerprint density at radius 1 is 0.353 bits per heavy atom. The number of nitrogens with zero attached hydrogens (tertiary/aromatic N) is 2. The summed E-state index contributed by atoms with van der Waals surface area (Å²) < 4.78 is 11.8. The zero-order valence-corrected chi connectivity index (χ0v) is 47.1. The second-order valence-corrected chi connectivity index (χ2v) is 21.7. The third-order valence-electron chi connectivity index (χ3n) is 14.8. The SMILES string of the molecule is CCCCCCCCCCN(C(=O)CCN(C)C)C(CCCCCC(=O)OCCC(CCCCCC)CCCCCCCC)CCCCCC(=O)OCC(CCCCCC)CCCCCCCC. The molecule has 0 N–H and O–H groups in total. The average molecular weight is 962 g/mol. The van der Waals surface area contributed by atoms with Gasteiger partial charge in [0.2, 0.25) is 5.91 Å². The minimum absolute atomic E-state index is 0.0350. The highest BCUT2D eigenvalue weighted by atomic mass is 16.5. The minimum atomic E-state index is -0.0418. The molecule has 7 nitrogen and oxygen atoms in total. The molecule has 7 heteroatoms. The van der Waals surface area contributed by atoms with E-state index < -0.39 is 0 Å². The normalized spacial score (nSPS) is 12.9. The monoisotopic (exact) mass is 961 g/mol. The molecule has 404 valence electrons. The van der Waals surface area contributed by atoms with E-state index in [0.717, 1.165) is 77.3 Å². The molecule has 0 saturated heterocycles. The molecule has 0 spiro atoms. The third-order valence-corrected chi connectivity index (χ3v) is 14.8. The minimum Gasteiger partial charge on any atom is -0.466 e. The Kier molecular flexibility index (Phi) is 50.5. The molecule has 68 heavy (non-hydrogen) atoms. The van der Waals surface area contributed by atoms with Crippen LogP contribution in [-0.2, 0) is 23.9 Å². The number of esters is 2. The van der Waals surface area contributed by atoms with Crippen molar-refractivity contribution in [2.45, 2.75) is 323 Å². The quantitative estimate of drug-likeness (QED) is 0.0447. The van der Waals surface area contributed by atoms with Crippen molar-refractivity contribution >= 4 is 17.8 Å². The lowest BCUT2D eigenvalue weighted by Gasteiger charge is -2.33. The highest BCUT2D eigenvalue weighted by molar-refractivity contribution is 5.76. The van der Waals surface area contributed by atoms with Crippen molar-refractivity contribution in [3.8, 4) is 0 Å². The van der Waals surface area contributed by atoms with Crippen molar-refractivity contribution in [2.24, 2.45) is 11.8 Å². The van der Waals surface area contributed by atoms with Crippen LogP contribution in [0.3, 0.4) is 0 Å². The summed E-state index contributed by atoms with van der Waals surface area (Å²) >= 11 is 0. The highest BCUT2D eigenvalue weighted by Gasteiger charge is 2.23. The predicted molar refractivity (Wildman–Crippen MR) is 294 cm³/mol. The zero-order valence-electron chi connectivity index (χ0n) is 47.1. The Morgan fingerprint density at radius 3 is 1.15 bits per heavy atom. The molecule has 0 fully saturated rings. The van der Waals surface area contributed by atoms with Crippen LogP contribution in [0.4, 0.5) is 0 Å². The van der Waals surface area contributed by atoms with Gasteiger partial charge in [-0.1, -0.05) is 247 Å². The Balaban J connectivity index is 5.31. The zero-order chi connectivity index (χ0) is 50.0. The van der Waals surface area contributed by atoms with Crippen LogP contribution in [0.5, 0.6) is 0 Å². The molecule has 0 saturated carbocycles. The van der Waals surface area contributed by atoms with Crippen molar-refractivity contribution in [3.05, 3.63) is 0 Å². The van der Waals surface area contributed by atoms with Crippen molar-refractivity contribution in [1.82, 2.24) is 9.80 Å². The number of carbonyl (C=O) groups excluding carboxylic acids is 3.